The van der Waals surface area contributed by atoms with Crippen LogP contribution in [0.2, 0.25) is 0 Å². The molecule has 1 heterocycles. The van der Waals surface area contributed by atoms with Crippen molar-refractivity contribution in [2.24, 2.45) is 0 Å². The highest BCUT2D eigenvalue weighted by Gasteiger charge is 2.32. The number of amides is 2. The van der Waals surface area contributed by atoms with Gasteiger partial charge >= 0.3 is 6.09 Å². The van der Waals surface area contributed by atoms with Gasteiger partial charge in [-0.1, -0.05) is 0 Å². The Kier molecular flexibility index (Phi) is 1.73. The Morgan fingerprint density at radius 3 is 2.86 bits per heavy atom. The highest BCUT2D eigenvalue weighted by molar-refractivity contribution is 6.16. The summed E-state index contributed by atoms with van der Waals surface area (Å²) < 4.78 is 12.7. The molecule has 1 aliphatic rings. The Labute approximate surface area is 78.6 Å². The molecule has 5 heteroatoms. The summed E-state index contributed by atoms with van der Waals surface area (Å²) in [6, 6.07) is 3.60. The van der Waals surface area contributed by atoms with Gasteiger partial charge in [-0.05, 0) is 23.8 Å². The highest BCUT2D eigenvalue weighted by Crippen LogP contribution is 2.29. The van der Waals surface area contributed by atoms with Gasteiger partial charge in [-0.3, -0.25) is 4.79 Å². The molecule has 14 heavy (non-hydrogen) atoms. The van der Waals surface area contributed by atoms with Crippen molar-refractivity contribution in [3.8, 4) is 0 Å². The van der Waals surface area contributed by atoms with Crippen molar-refractivity contribution in [3.05, 3.63) is 29.6 Å². The number of hydrogen-bond acceptors (Lipinski definition) is 2. The smallest absolute Gasteiger partial charge is 0.418 e. The van der Waals surface area contributed by atoms with Crippen LogP contribution in [0.15, 0.2) is 18.2 Å². The maximum Gasteiger partial charge on any atom is 0.418 e. The number of nitrogens with zero attached hydrogens (tertiary/aromatic N) is 1. The summed E-state index contributed by atoms with van der Waals surface area (Å²) in [5, 5.41) is 8.71. The van der Waals surface area contributed by atoms with Gasteiger partial charge in [0.1, 0.15) is 5.82 Å². The number of halogens is 1. The van der Waals surface area contributed by atoms with Gasteiger partial charge in [-0.2, -0.15) is 0 Å². The third-order valence-electron chi connectivity index (χ3n) is 2.06. The predicted octanol–water partition coefficient (Wildman–Crippen LogP) is 1.39. The molecule has 1 N–H and O–H groups in total. The first-order chi connectivity index (χ1) is 6.59. The predicted molar refractivity (Wildman–Crippen MR) is 45.6 cm³/mol. The van der Waals surface area contributed by atoms with Crippen molar-refractivity contribution in [3.63, 3.8) is 0 Å². The van der Waals surface area contributed by atoms with Crippen molar-refractivity contribution in [1.82, 2.24) is 0 Å². The second-order valence-corrected chi connectivity index (χ2v) is 2.96. The number of benzene rings is 1. The molecule has 2 rings (SSSR count). The molecule has 4 nitrogen and oxygen atoms in total. The van der Waals surface area contributed by atoms with Gasteiger partial charge < -0.3 is 5.11 Å². The standard InChI is InChI=1S/C9H6FNO3/c10-6-1-2-7-5(3-6)4-8(12)11(7)9(13)14/h1-3H,4H2,(H,13,14). The van der Waals surface area contributed by atoms with E-state index in [4.69, 9.17) is 5.11 Å². The van der Waals surface area contributed by atoms with Crippen LogP contribution in [0.3, 0.4) is 0 Å². The lowest BCUT2D eigenvalue weighted by Gasteiger charge is -2.09. The highest BCUT2D eigenvalue weighted by atomic mass is 19.1. The van der Waals surface area contributed by atoms with Crippen LogP contribution in [0.25, 0.3) is 0 Å². The molecule has 0 bridgehead atoms. The summed E-state index contributed by atoms with van der Waals surface area (Å²) in [6.45, 7) is 0. The van der Waals surface area contributed by atoms with Gasteiger partial charge in [0.05, 0.1) is 12.1 Å². The maximum absolute atomic E-state index is 12.7. The first-order valence-corrected chi connectivity index (χ1v) is 3.94. The van der Waals surface area contributed by atoms with Crippen LogP contribution >= 0.6 is 0 Å². The van der Waals surface area contributed by atoms with Crippen molar-refractivity contribution in [2.45, 2.75) is 6.42 Å². The average molecular weight is 195 g/mol. The van der Waals surface area contributed by atoms with E-state index >= 15 is 0 Å². The van der Waals surface area contributed by atoms with Gasteiger partial charge in [-0.25, -0.2) is 14.1 Å². The number of fused-ring (bicyclic) bond motifs is 1. The van der Waals surface area contributed by atoms with Crippen LogP contribution in [-0.4, -0.2) is 17.1 Å². The molecule has 0 aliphatic carbocycles. The van der Waals surface area contributed by atoms with E-state index in [1.54, 1.807) is 0 Å². The van der Waals surface area contributed by atoms with E-state index in [0.29, 0.717) is 10.5 Å². The number of carboxylic acid groups (broad SMARTS) is 1. The molecule has 0 spiro atoms. The zero-order chi connectivity index (χ0) is 10.3. The van der Waals surface area contributed by atoms with E-state index in [2.05, 4.69) is 0 Å². The normalized spacial score (nSPS) is 14.4. The Balaban J connectivity index is 2.53. The first-order valence-electron chi connectivity index (χ1n) is 3.94. The molecule has 0 fully saturated rings. The molecule has 0 radical (unpaired) electrons. The summed E-state index contributed by atoms with van der Waals surface area (Å²) in [4.78, 5) is 22.5. The fourth-order valence-corrected chi connectivity index (χ4v) is 1.50. The second-order valence-electron chi connectivity index (χ2n) is 2.96. The van der Waals surface area contributed by atoms with E-state index < -0.39 is 17.8 Å². The molecule has 0 saturated heterocycles. The van der Waals surface area contributed by atoms with E-state index in [1.165, 1.54) is 12.1 Å². The van der Waals surface area contributed by atoms with Crippen LogP contribution in [0.1, 0.15) is 5.56 Å². The third kappa shape index (κ3) is 1.14. The van der Waals surface area contributed by atoms with Gasteiger partial charge in [0.2, 0.25) is 5.91 Å². The Morgan fingerprint density at radius 2 is 2.21 bits per heavy atom. The number of carbonyl (C=O) groups excluding carboxylic acids is 1. The number of anilines is 1. The van der Waals surface area contributed by atoms with E-state index in [-0.39, 0.29) is 12.1 Å². The Hall–Kier alpha value is -1.91. The van der Waals surface area contributed by atoms with E-state index in [9.17, 15) is 14.0 Å². The minimum Gasteiger partial charge on any atom is -0.464 e. The molecule has 0 unspecified atom stereocenters. The third-order valence-corrected chi connectivity index (χ3v) is 2.06. The van der Waals surface area contributed by atoms with Gasteiger partial charge in [0, 0.05) is 0 Å². The quantitative estimate of drug-likeness (QED) is 0.680. The average Bonchev–Trinajstić information content (AvgIpc) is 2.39. The summed E-state index contributed by atoms with van der Waals surface area (Å²) in [6.07, 6.45) is -1.39. The van der Waals surface area contributed by atoms with Crippen molar-refractivity contribution in [1.29, 1.82) is 0 Å². The maximum atomic E-state index is 12.7. The molecule has 1 aliphatic heterocycles. The second kappa shape index (κ2) is 2.80. The number of hydrogen-bond donors (Lipinski definition) is 1. The minimum atomic E-state index is -1.33. The summed E-state index contributed by atoms with van der Waals surface area (Å²) in [5.74, 6) is -1.01. The first kappa shape index (κ1) is 8.68. The molecule has 0 saturated carbocycles. The molecule has 1 aromatic rings. The molecule has 2 amide bonds. The van der Waals surface area contributed by atoms with Crippen LogP contribution in [0, 0.1) is 5.82 Å². The molecular weight excluding hydrogens is 189 g/mol. The van der Waals surface area contributed by atoms with Gasteiger partial charge in [0.15, 0.2) is 0 Å². The van der Waals surface area contributed by atoms with Crippen LogP contribution in [0.4, 0.5) is 14.9 Å². The zero-order valence-corrected chi connectivity index (χ0v) is 7.03. The monoisotopic (exact) mass is 195 g/mol. The lowest BCUT2D eigenvalue weighted by atomic mass is 10.1. The van der Waals surface area contributed by atoms with E-state index in [0.717, 1.165) is 6.07 Å². The molecular formula is C9H6FNO3. The molecule has 0 atom stereocenters. The number of carbonyl (C=O) groups is 2. The van der Waals surface area contributed by atoms with Crippen molar-refractivity contribution < 1.29 is 19.1 Å². The number of imide groups is 1. The largest absolute Gasteiger partial charge is 0.464 e. The number of rotatable bonds is 0. The molecule has 0 aromatic heterocycles. The molecule has 72 valence electrons. The molecule has 1 aromatic carbocycles. The van der Waals surface area contributed by atoms with Crippen LogP contribution < -0.4 is 4.90 Å². The Bertz CT molecular complexity index is 430. The van der Waals surface area contributed by atoms with Crippen LogP contribution in [0.5, 0.6) is 0 Å². The van der Waals surface area contributed by atoms with Gasteiger partial charge in [-0.15, -0.1) is 0 Å². The van der Waals surface area contributed by atoms with Gasteiger partial charge in [0.25, 0.3) is 0 Å². The fraction of sp³-hybridized carbons (Fsp3) is 0.111. The lowest BCUT2D eigenvalue weighted by molar-refractivity contribution is -0.116. The zero-order valence-electron chi connectivity index (χ0n) is 7.03. The summed E-state index contributed by atoms with van der Waals surface area (Å²) in [5.41, 5.74) is 0.668. The van der Waals surface area contributed by atoms with Crippen molar-refractivity contribution >= 4 is 17.7 Å². The van der Waals surface area contributed by atoms with Crippen LogP contribution in [-0.2, 0) is 11.2 Å². The SMILES string of the molecule is O=C(O)N1C(=O)Cc2cc(F)ccc21. The fourth-order valence-electron chi connectivity index (χ4n) is 1.50. The van der Waals surface area contributed by atoms with Crippen molar-refractivity contribution in [2.75, 3.05) is 4.90 Å². The Morgan fingerprint density at radius 1 is 1.50 bits per heavy atom. The summed E-state index contributed by atoms with van der Waals surface area (Å²) in [7, 11) is 0. The summed E-state index contributed by atoms with van der Waals surface area (Å²) >= 11 is 0. The van der Waals surface area contributed by atoms with E-state index in [1.807, 2.05) is 0 Å². The minimum absolute atomic E-state index is 0.0562. The topological polar surface area (TPSA) is 57.6 Å². The lowest BCUT2D eigenvalue weighted by Crippen LogP contribution is -2.31.